The van der Waals surface area contributed by atoms with Crippen molar-refractivity contribution in [2.75, 3.05) is 0 Å². The predicted molar refractivity (Wildman–Crippen MR) is 55.8 cm³/mol. The first-order valence-electron chi connectivity index (χ1n) is 4.36. The summed E-state index contributed by atoms with van der Waals surface area (Å²) in [6.45, 7) is 5.28. The lowest BCUT2D eigenvalue weighted by Gasteiger charge is -2.04. The minimum absolute atomic E-state index is 0.304. The smallest absolute Gasteiger partial charge is 0.308 e. The molecule has 0 atom stereocenters. The fraction of sp³-hybridized carbons (Fsp3) is 0.0833. The van der Waals surface area contributed by atoms with Gasteiger partial charge in [-0.1, -0.05) is 24.8 Å². The number of carbonyl (C=O) groups is 1. The summed E-state index contributed by atoms with van der Waals surface area (Å²) in [5.41, 5.74) is 3.10. The van der Waals surface area contributed by atoms with Crippen LogP contribution in [0.25, 0.3) is 11.6 Å². The van der Waals surface area contributed by atoms with Crippen molar-refractivity contribution in [3.8, 4) is 5.75 Å². The van der Waals surface area contributed by atoms with Crippen LogP contribution in [0.4, 0.5) is 0 Å². The van der Waals surface area contributed by atoms with E-state index < -0.39 is 0 Å². The number of carbonyl (C=O) groups excluding carboxylic acids is 1. The zero-order valence-electron chi connectivity index (χ0n) is 7.91. The number of esters is 1. The number of rotatable bonds is 1. The van der Waals surface area contributed by atoms with Crippen LogP contribution >= 0.6 is 0 Å². The molecule has 0 heterocycles. The fourth-order valence-electron chi connectivity index (χ4n) is 1.47. The van der Waals surface area contributed by atoms with Crippen LogP contribution in [0.1, 0.15) is 18.1 Å². The molecule has 0 amide bonds. The van der Waals surface area contributed by atoms with Crippen LogP contribution in [-0.2, 0) is 4.79 Å². The van der Waals surface area contributed by atoms with E-state index in [1.165, 1.54) is 6.92 Å². The highest BCUT2D eigenvalue weighted by atomic mass is 16.5. The van der Waals surface area contributed by atoms with Gasteiger partial charge in [-0.15, -0.1) is 0 Å². The van der Waals surface area contributed by atoms with Crippen LogP contribution in [0, 0.1) is 0 Å². The Labute approximate surface area is 82.5 Å². The molecule has 1 aromatic rings. The van der Waals surface area contributed by atoms with Crippen LogP contribution in [0.15, 0.2) is 30.9 Å². The van der Waals surface area contributed by atoms with Crippen molar-refractivity contribution in [2.45, 2.75) is 6.92 Å². The van der Waals surface area contributed by atoms with Gasteiger partial charge in [0.05, 0.1) is 0 Å². The minimum Gasteiger partial charge on any atom is -0.427 e. The first-order chi connectivity index (χ1) is 6.66. The van der Waals surface area contributed by atoms with Gasteiger partial charge < -0.3 is 4.74 Å². The van der Waals surface area contributed by atoms with E-state index in [0.29, 0.717) is 5.75 Å². The molecule has 1 aliphatic carbocycles. The Balaban J connectivity index is 2.37. The van der Waals surface area contributed by atoms with E-state index in [0.717, 1.165) is 16.7 Å². The molecule has 1 aromatic carbocycles. The average Bonchev–Trinajstić information content (AvgIpc) is 2.47. The summed E-state index contributed by atoms with van der Waals surface area (Å²) in [6, 6.07) is 5.53. The van der Waals surface area contributed by atoms with Gasteiger partial charge in [-0.3, -0.25) is 4.79 Å². The van der Waals surface area contributed by atoms with Crippen molar-refractivity contribution in [1.29, 1.82) is 0 Å². The molecule has 0 N–H and O–H groups in total. The lowest BCUT2D eigenvalue weighted by molar-refractivity contribution is -0.131. The zero-order valence-corrected chi connectivity index (χ0v) is 7.91. The van der Waals surface area contributed by atoms with Crippen molar-refractivity contribution in [2.24, 2.45) is 0 Å². The zero-order chi connectivity index (χ0) is 10.1. The Kier molecular flexibility index (Phi) is 1.97. The maximum atomic E-state index is 10.7. The van der Waals surface area contributed by atoms with Crippen LogP contribution in [0.5, 0.6) is 5.75 Å². The first-order valence-corrected chi connectivity index (χ1v) is 4.36. The minimum atomic E-state index is -0.304. The third kappa shape index (κ3) is 1.46. The van der Waals surface area contributed by atoms with Crippen molar-refractivity contribution >= 4 is 17.6 Å². The molecule has 0 unspecified atom stereocenters. The van der Waals surface area contributed by atoms with Crippen molar-refractivity contribution in [1.82, 2.24) is 0 Å². The van der Waals surface area contributed by atoms with E-state index in [1.54, 1.807) is 6.07 Å². The molecule has 0 aliphatic heterocycles. The van der Waals surface area contributed by atoms with Crippen molar-refractivity contribution in [3.05, 3.63) is 42.0 Å². The van der Waals surface area contributed by atoms with E-state index in [2.05, 4.69) is 6.58 Å². The largest absolute Gasteiger partial charge is 0.427 e. The Morgan fingerprint density at radius 1 is 1.36 bits per heavy atom. The summed E-state index contributed by atoms with van der Waals surface area (Å²) in [6.07, 6.45) is 3.94. The second-order valence-corrected chi connectivity index (χ2v) is 3.20. The summed E-state index contributed by atoms with van der Waals surface area (Å²) in [4.78, 5) is 10.7. The van der Waals surface area contributed by atoms with Gasteiger partial charge in [-0.2, -0.15) is 0 Å². The van der Waals surface area contributed by atoms with E-state index in [4.69, 9.17) is 4.74 Å². The molecule has 0 aromatic heterocycles. The molecule has 0 spiro atoms. The highest BCUT2D eigenvalue weighted by Gasteiger charge is 2.10. The van der Waals surface area contributed by atoms with E-state index >= 15 is 0 Å². The molecular weight excluding hydrogens is 176 g/mol. The van der Waals surface area contributed by atoms with Gasteiger partial charge in [-0.25, -0.2) is 0 Å². The summed E-state index contributed by atoms with van der Waals surface area (Å²) in [7, 11) is 0. The monoisotopic (exact) mass is 186 g/mol. The maximum absolute atomic E-state index is 10.7. The third-order valence-corrected chi connectivity index (χ3v) is 2.10. The molecule has 0 bridgehead atoms. The molecule has 0 radical (unpaired) electrons. The highest BCUT2D eigenvalue weighted by molar-refractivity contribution is 5.89. The standard InChI is InChI=1S/C12H10O2/c1-8-3-4-10-5-6-11(7-12(8)10)14-9(2)13/h3-7H,1H2,2H3. The summed E-state index contributed by atoms with van der Waals surface area (Å²) in [5.74, 6) is 0.266. The molecule has 2 rings (SSSR count). The number of allylic oxidation sites excluding steroid dienone is 2. The van der Waals surface area contributed by atoms with Crippen LogP contribution in [0.3, 0.4) is 0 Å². The Morgan fingerprint density at radius 2 is 2.14 bits per heavy atom. The molecule has 2 nitrogen and oxygen atoms in total. The molecule has 0 saturated carbocycles. The van der Waals surface area contributed by atoms with Gasteiger partial charge in [0.2, 0.25) is 0 Å². The highest BCUT2D eigenvalue weighted by Crippen LogP contribution is 2.30. The molecule has 70 valence electrons. The second-order valence-electron chi connectivity index (χ2n) is 3.20. The normalized spacial score (nSPS) is 12.8. The summed E-state index contributed by atoms with van der Waals surface area (Å²) >= 11 is 0. The average molecular weight is 186 g/mol. The molecule has 14 heavy (non-hydrogen) atoms. The fourth-order valence-corrected chi connectivity index (χ4v) is 1.47. The van der Waals surface area contributed by atoms with Gasteiger partial charge >= 0.3 is 5.97 Å². The Morgan fingerprint density at radius 3 is 2.86 bits per heavy atom. The van der Waals surface area contributed by atoms with Gasteiger partial charge in [0.15, 0.2) is 0 Å². The molecule has 2 heteroatoms. The third-order valence-electron chi connectivity index (χ3n) is 2.10. The number of benzene rings is 1. The summed E-state index contributed by atoms with van der Waals surface area (Å²) < 4.78 is 4.98. The van der Waals surface area contributed by atoms with Gasteiger partial charge in [0.25, 0.3) is 0 Å². The molecule has 1 aliphatic rings. The predicted octanol–water partition coefficient (Wildman–Crippen LogP) is 2.65. The maximum Gasteiger partial charge on any atom is 0.308 e. The van der Waals surface area contributed by atoms with Crippen LogP contribution in [-0.4, -0.2) is 5.97 Å². The number of fused-ring (bicyclic) bond motifs is 1. The lowest BCUT2D eigenvalue weighted by Crippen LogP contribution is -2.01. The topological polar surface area (TPSA) is 26.3 Å². The van der Waals surface area contributed by atoms with Crippen LogP contribution < -0.4 is 4.74 Å². The SMILES string of the molecule is C=C1C=Cc2ccc(OC(C)=O)cc21. The second kappa shape index (κ2) is 3.14. The molecular formula is C12H10O2. The number of ether oxygens (including phenoxy) is 1. The van der Waals surface area contributed by atoms with Crippen molar-refractivity contribution < 1.29 is 9.53 Å². The van der Waals surface area contributed by atoms with E-state index in [1.807, 2.05) is 24.3 Å². The molecule has 0 fully saturated rings. The Bertz CT molecular complexity index is 442. The Hall–Kier alpha value is -1.83. The lowest BCUT2D eigenvalue weighted by atomic mass is 10.1. The summed E-state index contributed by atoms with van der Waals surface area (Å²) in [5, 5.41) is 0. The van der Waals surface area contributed by atoms with Crippen LogP contribution in [0.2, 0.25) is 0 Å². The van der Waals surface area contributed by atoms with E-state index in [-0.39, 0.29) is 5.97 Å². The van der Waals surface area contributed by atoms with Gasteiger partial charge in [0, 0.05) is 6.92 Å². The number of hydrogen-bond donors (Lipinski definition) is 0. The van der Waals surface area contributed by atoms with Gasteiger partial charge in [0.1, 0.15) is 5.75 Å². The first kappa shape index (κ1) is 8.75. The van der Waals surface area contributed by atoms with E-state index in [9.17, 15) is 4.79 Å². The molecule has 0 saturated heterocycles. The van der Waals surface area contributed by atoms with Crippen molar-refractivity contribution in [3.63, 3.8) is 0 Å². The van der Waals surface area contributed by atoms with Gasteiger partial charge in [-0.05, 0) is 28.8 Å². The number of hydrogen-bond acceptors (Lipinski definition) is 2. The quantitative estimate of drug-likeness (QED) is 0.498.